The molecule has 0 bridgehead atoms. The normalized spacial score (nSPS) is 35.8. The molecule has 6 atom stereocenters. The summed E-state index contributed by atoms with van der Waals surface area (Å²) in [6.07, 6.45) is 10.1. The topological polar surface area (TPSA) is 40.5 Å². The van der Waals surface area contributed by atoms with E-state index >= 15 is 0 Å². The van der Waals surface area contributed by atoms with Crippen LogP contribution in [0.15, 0.2) is 11.6 Å². The first-order valence-corrected chi connectivity index (χ1v) is 9.00. The van der Waals surface area contributed by atoms with Crippen LogP contribution in [0.25, 0.3) is 0 Å². The van der Waals surface area contributed by atoms with Crippen LogP contribution >= 0.6 is 0 Å². The van der Waals surface area contributed by atoms with Gasteiger partial charge in [-0.25, -0.2) is 0 Å². The predicted octanol–water partition coefficient (Wildman–Crippen LogP) is 4.16. The molecule has 1 fully saturated rings. The Morgan fingerprint density at radius 2 is 2.00 bits per heavy atom. The fourth-order valence-corrected chi connectivity index (χ4v) is 4.72. The highest BCUT2D eigenvalue weighted by Crippen LogP contribution is 2.48. The molecule has 0 aromatic carbocycles. The van der Waals surface area contributed by atoms with E-state index in [0.717, 1.165) is 31.1 Å². The van der Waals surface area contributed by atoms with Gasteiger partial charge in [0.2, 0.25) is 0 Å². The summed E-state index contributed by atoms with van der Waals surface area (Å²) in [6, 6.07) is 0. The van der Waals surface area contributed by atoms with Gasteiger partial charge in [0, 0.05) is 6.61 Å². The van der Waals surface area contributed by atoms with Gasteiger partial charge in [-0.15, -0.1) is 0 Å². The molecule has 0 saturated heterocycles. The van der Waals surface area contributed by atoms with E-state index in [2.05, 4.69) is 26.8 Å². The van der Waals surface area contributed by atoms with Gasteiger partial charge in [0.25, 0.3) is 0 Å². The maximum Gasteiger partial charge on any atom is 0.0568 e. The zero-order valence-corrected chi connectivity index (χ0v) is 14.1. The first-order valence-electron chi connectivity index (χ1n) is 9.00. The number of allylic oxidation sites excluding steroid dienone is 2. The van der Waals surface area contributed by atoms with E-state index in [9.17, 15) is 5.11 Å². The van der Waals surface area contributed by atoms with Crippen molar-refractivity contribution in [1.29, 1.82) is 0 Å². The molecule has 0 aromatic rings. The minimum Gasteiger partial charge on any atom is -0.396 e. The first-order chi connectivity index (χ1) is 10.0. The highest BCUT2D eigenvalue weighted by atomic mass is 16.3. The standard InChI is InChI=1S/C19H34O2/c1-13-7-9-16-14(2)8-10-17(18(16)12-13)15(3)19(21)6-4-5-11-20/h12,14-21H,4-11H2,1-3H3/t14-,15-,16+,17+,18+,19-/m1/s1. The van der Waals surface area contributed by atoms with Crippen molar-refractivity contribution < 1.29 is 10.2 Å². The van der Waals surface area contributed by atoms with Crippen LogP contribution in [0.4, 0.5) is 0 Å². The fraction of sp³-hybridized carbons (Fsp3) is 0.895. The largest absolute Gasteiger partial charge is 0.396 e. The van der Waals surface area contributed by atoms with Crippen molar-refractivity contribution in [2.45, 2.75) is 71.8 Å². The lowest BCUT2D eigenvalue weighted by Crippen LogP contribution is -2.40. The van der Waals surface area contributed by atoms with Gasteiger partial charge >= 0.3 is 0 Å². The van der Waals surface area contributed by atoms with Crippen LogP contribution in [0.3, 0.4) is 0 Å². The van der Waals surface area contributed by atoms with Crippen molar-refractivity contribution in [2.24, 2.45) is 29.6 Å². The Hall–Kier alpha value is -0.340. The number of rotatable bonds is 6. The van der Waals surface area contributed by atoms with Crippen LogP contribution < -0.4 is 0 Å². The van der Waals surface area contributed by atoms with Gasteiger partial charge in [-0.05, 0) is 75.0 Å². The number of aliphatic hydroxyl groups excluding tert-OH is 2. The molecule has 2 rings (SSSR count). The number of hydrogen-bond donors (Lipinski definition) is 2. The second kappa shape index (κ2) is 7.78. The van der Waals surface area contributed by atoms with E-state index in [1.807, 2.05) is 0 Å². The molecule has 2 nitrogen and oxygen atoms in total. The van der Waals surface area contributed by atoms with Gasteiger partial charge in [0.15, 0.2) is 0 Å². The van der Waals surface area contributed by atoms with Gasteiger partial charge in [0.1, 0.15) is 0 Å². The monoisotopic (exact) mass is 294 g/mol. The highest BCUT2D eigenvalue weighted by Gasteiger charge is 2.41. The van der Waals surface area contributed by atoms with Crippen LogP contribution in [0.1, 0.15) is 65.7 Å². The lowest BCUT2D eigenvalue weighted by atomic mass is 9.59. The summed E-state index contributed by atoms with van der Waals surface area (Å²) in [6.45, 7) is 7.19. The smallest absolute Gasteiger partial charge is 0.0568 e. The molecule has 0 radical (unpaired) electrons. The lowest BCUT2D eigenvalue weighted by Gasteiger charge is -2.46. The summed E-state index contributed by atoms with van der Waals surface area (Å²) < 4.78 is 0. The predicted molar refractivity (Wildman–Crippen MR) is 88.0 cm³/mol. The second-order valence-corrected chi connectivity index (χ2v) is 7.66. The first kappa shape index (κ1) is 17.0. The Bertz CT molecular complexity index is 349. The van der Waals surface area contributed by atoms with Crippen LogP contribution in [0.5, 0.6) is 0 Å². The Kier molecular flexibility index (Phi) is 6.31. The van der Waals surface area contributed by atoms with Gasteiger partial charge in [0.05, 0.1) is 6.10 Å². The summed E-state index contributed by atoms with van der Waals surface area (Å²) in [5.74, 6) is 3.38. The fourth-order valence-electron chi connectivity index (χ4n) is 4.72. The second-order valence-electron chi connectivity index (χ2n) is 7.66. The average molecular weight is 294 g/mol. The molecule has 1 saturated carbocycles. The lowest BCUT2D eigenvalue weighted by molar-refractivity contribution is 0.0115. The molecule has 0 aromatic heterocycles. The molecule has 2 aliphatic carbocycles. The van der Waals surface area contributed by atoms with Crippen LogP contribution in [0.2, 0.25) is 0 Å². The summed E-state index contributed by atoms with van der Waals surface area (Å²) in [5.41, 5.74) is 1.55. The molecule has 0 spiro atoms. The molecule has 21 heavy (non-hydrogen) atoms. The van der Waals surface area contributed by atoms with Gasteiger partial charge < -0.3 is 10.2 Å². The maximum atomic E-state index is 10.5. The SMILES string of the molecule is CC1=C[C@H]2[C@@H](CC1)[C@H](C)CC[C@H]2[C@@H](C)[C@H](O)CCCCO. The molecule has 2 heteroatoms. The molecular formula is C19H34O2. The molecule has 0 heterocycles. The third-order valence-electron chi connectivity index (χ3n) is 6.21. The summed E-state index contributed by atoms with van der Waals surface area (Å²) in [5, 5.41) is 19.4. The van der Waals surface area contributed by atoms with Gasteiger partial charge in [-0.3, -0.25) is 0 Å². The van der Waals surface area contributed by atoms with Crippen molar-refractivity contribution in [3.8, 4) is 0 Å². The molecule has 2 aliphatic rings. The Morgan fingerprint density at radius 1 is 1.24 bits per heavy atom. The van der Waals surface area contributed by atoms with Crippen molar-refractivity contribution in [2.75, 3.05) is 6.61 Å². The highest BCUT2D eigenvalue weighted by molar-refractivity contribution is 5.11. The molecule has 122 valence electrons. The minimum atomic E-state index is -0.203. The van der Waals surface area contributed by atoms with E-state index in [0.29, 0.717) is 17.8 Å². The van der Waals surface area contributed by atoms with Gasteiger partial charge in [-0.1, -0.05) is 31.9 Å². The summed E-state index contributed by atoms with van der Waals surface area (Å²) in [7, 11) is 0. The number of unbranched alkanes of at least 4 members (excludes halogenated alkanes) is 1. The summed E-state index contributed by atoms with van der Waals surface area (Å²) >= 11 is 0. The van der Waals surface area contributed by atoms with Crippen LogP contribution in [-0.2, 0) is 0 Å². The third-order valence-corrected chi connectivity index (χ3v) is 6.21. The Labute approximate surface area is 130 Å². The van der Waals surface area contributed by atoms with Crippen LogP contribution in [-0.4, -0.2) is 22.9 Å². The van der Waals surface area contributed by atoms with Crippen molar-refractivity contribution >= 4 is 0 Å². The summed E-state index contributed by atoms with van der Waals surface area (Å²) in [4.78, 5) is 0. The zero-order valence-electron chi connectivity index (χ0n) is 14.1. The van der Waals surface area contributed by atoms with E-state index < -0.39 is 0 Å². The zero-order chi connectivity index (χ0) is 15.4. The molecular weight excluding hydrogens is 260 g/mol. The quantitative estimate of drug-likeness (QED) is 0.570. The molecule has 2 N–H and O–H groups in total. The van der Waals surface area contributed by atoms with Gasteiger partial charge in [-0.2, -0.15) is 0 Å². The van der Waals surface area contributed by atoms with E-state index in [4.69, 9.17) is 5.11 Å². The number of hydrogen-bond acceptors (Lipinski definition) is 2. The van der Waals surface area contributed by atoms with E-state index in [-0.39, 0.29) is 12.7 Å². The number of fused-ring (bicyclic) bond motifs is 1. The third kappa shape index (κ3) is 4.10. The van der Waals surface area contributed by atoms with E-state index in [1.165, 1.54) is 25.7 Å². The van der Waals surface area contributed by atoms with Crippen molar-refractivity contribution in [1.82, 2.24) is 0 Å². The Balaban J connectivity index is 2.01. The van der Waals surface area contributed by atoms with Crippen molar-refractivity contribution in [3.05, 3.63) is 11.6 Å². The molecule has 0 amide bonds. The Morgan fingerprint density at radius 3 is 2.71 bits per heavy atom. The molecule has 0 aliphatic heterocycles. The maximum absolute atomic E-state index is 10.5. The average Bonchev–Trinajstić information content (AvgIpc) is 2.47. The molecule has 0 unspecified atom stereocenters. The van der Waals surface area contributed by atoms with Crippen molar-refractivity contribution in [3.63, 3.8) is 0 Å². The number of aliphatic hydroxyl groups is 2. The van der Waals surface area contributed by atoms with Crippen LogP contribution in [0, 0.1) is 29.6 Å². The minimum absolute atomic E-state index is 0.203. The van der Waals surface area contributed by atoms with E-state index in [1.54, 1.807) is 5.57 Å².